The summed E-state index contributed by atoms with van der Waals surface area (Å²) < 4.78 is 4.79. The van der Waals surface area contributed by atoms with E-state index in [9.17, 15) is 4.79 Å². The van der Waals surface area contributed by atoms with Crippen molar-refractivity contribution in [1.29, 1.82) is 0 Å². The van der Waals surface area contributed by atoms with Crippen molar-refractivity contribution in [2.45, 2.75) is 19.8 Å². The molecule has 1 aromatic heterocycles. The minimum absolute atomic E-state index is 0.152. The van der Waals surface area contributed by atoms with Crippen LogP contribution in [0, 0.1) is 0 Å². The molecule has 0 bridgehead atoms. The number of nitrogen functional groups attached to an aromatic ring is 1. The Labute approximate surface area is 58.0 Å². The van der Waals surface area contributed by atoms with Gasteiger partial charge in [-0.05, 0) is 0 Å². The number of nitrogens with one attached hydrogen (secondary N) is 1. The standard InChI is InChI=1S/C6H10N2O2/c1-3(2)5-4(7)6(9)8-10-5/h3H,7H2,1-2H3,(H,8,9). The fourth-order valence-corrected chi connectivity index (χ4v) is 0.752. The summed E-state index contributed by atoms with van der Waals surface area (Å²) >= 11 is 0. The van der Waals surface area contributed by atoms with Crippen LogP contribution in [0.3, 0.4) is 0 Å². The van der Waals surface area contributed by atoms with E-state index in [1.165, 1.54) is 0 Å². The van der Waals surface area contributed by atoms with Gasteiger partial charge in [-0.25, -0.2) is 0 Å². The van der Waals surface area contributed by atoms with Crippen molar-refractivity contribution in [1.82, 2.24) is 5.16 Å². The first-order chi connectivity index (χ1) is 4.63. The zero-order chi connectivity index (χ0) is 7.72. The predicted octanol–water partition coefficient (Wildman–Crippen LogP) is 0.674. The quantitative estimate of drug-likeness (QED) is 0.605. The van der Waals surface area contributed by atoms with Crippen LogP contribution in [0.2, 0.25) is 0 Å². The minimum Gasteiger partial charge on any atom is -0.391 e. The van der Waals surface area contributed by atoms with Crippen molar-refractivity contribution in [3.05, 3.63) is 16.1 Å². The number of aromatic amines is 1. The minimum atomic E-state index is -0.344. The van der Waals surface area contributed by atoms with Crippen molar-refractivity contribution in [2.75, 3.05) is 5.73 Å². The average Bonchev–Trinajstić information content (AvgIpc) is 2.14. The molecule has 0 spiro atoms. The summed E-state index contributed by atoms with van der Waals surface area (Å²) in [7, 11) is 0. The lowest BCUT2D eigenvalue weighted by molar-refractivity contribution is 0.367. The third kappa shape index (κ3) is 0.920. The number of hydrogen-bond donors (Lipinski definition) is 2. The molecular formula is C6H10N2O2. The maximum atomic E-state index is 10.7. The zero-order valence-electron chi connectivity index (χ0n) is 5.97. The molecule has 10 heavy (non-hydrogen) atoms. The molecule has 0 unspecified atom stereocenters. The Balaban J connectivity index is 3.18. The highest BCUT2D eigenvalue weighted by Gasteiger charge is 2.11. The van der Waals surface area contributed by atoms with Gasteiger partial charge in [0.05, 0.1) is 0 Å². The van der Waals surface area contributed by atoms with E-state index >= 15 is 0 Å². The van der Waals surface area contributed by atoms with E-state index in [1.807, 2.05) is 13.8 Å². The summed E-state index contributed by atoms with van der Waals surface area (Å²) in [4.78, 5) is 10.7. The second-order valence-corrected chi connectivity index (χ2v) is 2.47. The van der Waals surface area contributed by atoms with Gasteiger partial charge in [-0.2, -0.15) is 5.16 Å². The van der Waals surface area contributed by atoms with Gasteiger partial charge in [0, 0.05) is 5.92 Å². The molecule has 0 atom stereocenters. The van der Waals surface area contributed by atoms with E-state index in [0.29, 0.717) is 5.76 Å². The molecule has 56 valence electrons. The van der Waals surface area contributed by atoms with Crippen LogP contribution in [-0.4, -0.2) is 5.16 Å². The van der Waals surface area contributed by atoms with Gasteiger partial charge in [0.2, 0.25) is 0 Å². The molecule has 0 amide bonds. The SMILES string of the molecule is CC(C)c1o[nH]c(=O)c1N. The van der Waals surface area contributed by atoms with Gasteiger partial charge in [0.25, 0.3) is 0 Å². The fourth-order valence-electron chi connectivity index (χ4n) is 0.752. The Morgan fingerprint density at radius 3 is 2.40 bits per heavy atom. The summed E-state index contributed by atoms with van der Waals surface area (Å²) in [5.41, 5.74) is 5.21. The van der Waals surface area contributed by atoms with Crippen LogP contribution in [0.15, 0.2) is 9.32 Å². The topological polar surface area (TPSA) is 72.0 Å². The molecule has 0 aromatic carbocycles. The van der Waals surface area contributed by atoms with Crippen molar-refractivity contribution < 1.29 is 4.52 Å². The monoisotopic (exact) mass is 142 g/mol. The number of H-pyrrole nitrogens is 1. The maximum absolute atomic E-state index is 10.7. The van der Waals surface area contributed by atoms with Crippen LogP contribution < -0.4 is 11.3 Å². The summed E-state index contributed by atoms with van der Waals surface area (Å²) in [6, 6.07) is 0. The van der Waals surface area contributed by atoms with E-state index in [2.05, 4.69) is 5.16 Å². The molecule has 0 radical (unpaired) electrons. The van der Waals surface area contributed by atoms with Gasteiger partial charge in [0.1, 0.15) is 5.69 Å². The van der Waals surface area contributed by atoms with E-state index in [4.69, 9.17) is 10.3 Å². The lowest BCUT2D eigenvalue weighted by atomic mass is 10.1. The molecule has 1 aromatic rings. The van der Waals surface area contributed by atoms with Crippen molar-refractivity contribution >= 4 is 5.69 Å². The number of anilines is 1. The third-order valence-corrected chi connectivity index (χ3v) is 1.29. The van der Waals surface area contributed by atoms with Crippen LogP contribution in [0.4, 0.5) is 5.69 Å². The maximum Gasteiger partial charge on any atom is 0.303 e. The number of hydrogen-bond acceptors (Lipinski definition) is 3. The number of aromatic nitrogens is 1. The van der Waals surface area contributed by atoms with Crippen molar-refractivity contribution in [3.8, 4) is 0 Å². The van der Waals surface area contributed by atoms with Crippen LogP contribution in [0.1, 0.15) is 25.5 Å². The van der Waals surface area contributed by atoms with Crippen LogP contribution >= 0.6 is 0 Å². The molecule has 0 saturated carbocycles. The Bertz CT molecular complexity index is 272. The smallest absolute Gasteiger partial charge is 0.303 e. The molecule has 1 heterocycles. The lowest BCUT2D eigenvalue weighted by Gasteiger charge is -1.96. The molecule has 0 fully saturated rings. The second-order valence-electron chi connectivity index (χ2n) is 2.47. The Hall–Kier alpha value is -1.19. The van der Waals surface area contributed by atoms with E-state index < -0.39 is 0 Å². The van der Waals surface area contributed by atoms with Crippen LogP contribution in [0.5, 0.6) is 0 Å². The molecule has 3 N–H and O–H groups in total. The van der Waals surface area contributed by atoms with Gasteiger partial charge < -0.3 is 10.3 Å². The highest BCUT2D eigenvalue weighted by atomic mass is 16.5. The van der Waals surface area contributed by atoms with Gasteiger partial charge in [-0.1, -0.05) is 13.8 Å². The Morgan fingerprint density at radius 1 is 1.60 bits per heavy atom. The van der Waals surface area contributed by atoms with E-state index in [1.54, 1.807) is 0 Å². The Morgan fingerprint density at radius 2 is 2.20 bits per heavy atom. The first-order valence-electron chi connectivity index (χ1n) is 3.09. The van der Waals surface area contributed by atoms with Crippen molar-refractivity contribution in [3.63, 3.8) is 0 Å². The van der Waals surface area contributed by atoms with Crippen molar-refractivity contribution in [2.24, 2.45) is 0 Å². The molecule has 0 aliphatic heterocycles. The molecule has 4 heteroatoms. The number of nitrogens with two attached hydrogens (primary N) is 1. The zero-order valence-corrected chi connectivity index (χ0v) is 5.97. The van der Waals surface area contributed by atoms with E-state index in [-0.39, 0.29) is 17.2 Å². The second kappa shape index (κ2) is 2.21. The first kappa shape index (κ1) is 6.92. The summed E-state index contributed by atoms with van der Waals surface area (Å²) in [6.07, 6.45) is 0. The third-order valence-electron chi connectivity index (χ3n) is 1.29. The Kier molecular flexibility index (Phi) is 1.53. The summed E-state index contributed by atoms with van der Waals surface area (Å²) in [5, 5.41) is 2.16. The molecule has 1 rings (SSSR count). The highest BCUT2D eigenvalue weighted by Crippen LogP contribution is 2.16. The van der Waals surface area contributed by atoms with Gasteiger partial charge in [-0.15, -0.1) is 0 Å². The van der Waals surface area contributed by atoms with Crippen LogP contribution in [-0.2, 0) is 0 Å². The van der Waals surface area contributed by atoms with Crippen LogP contribution in [0.25, 0.3) is 0 Å². The van der Waals surface area contributed by atoms with E-state index in [0.717, 1.165) is 0 Å². The summed E-state index contributed by atoms with van der Waals surface area (Å²) in [5.74, 6) is 0.684. The van der Waals surface area contributed by atoms with Gasteiger partial charge in [-0.3, -0.25) is 4.79 Å². The highest BCUT2D eigenvalue weighted by molar-refractivity contribution is 5.39. The van der Waals surface area contributed by atoms with Gasteiger partial charge >= 0.3 is 5.56 Å². The fraction of sp³-hybridized carbons (Fsp3) is 0.500. The first-order valence-corrected chi connectivity index (χ1v) is 3.09. The molecule has 4 nitrogen and oxygen atoms in total. The molecular weight excluding hydrogens is 132 g/mol. The average molecular weight is 142 g/mol. The lowest BCUT2D eigenvalue weighted by Crippen LogP contribution is -2.05. The molecule has 0 aliphatic carbocycles. The molecule has 0 saturated heterocycles. The normalized spacial score (nSPS) is 10.7. The predicted molar refractivity (Wildman–Crippen MR) is 37.8 cm³/mol. The largest absolute Gasteiger partial charge is 0.391 e. The molecule has 0 aliphatic rings. The number of rotatable bonds is 1. The summed E-state index contributed by atoms with van der Waals surface area (Å²) in [6.45, 7) is 3.81. The van der Waals surface area contributed by atoms with Gasteiger partial charge in [0.15, 0.2) is 5.76 Å².